The Bertz CT molecular complexity index is 614. The number of hydrogen-bond acceptors (Lipinski definition) is 3. The van der Waals surface area contributed by atoms with E-state index in [1.165, 1.54) is 9.78 Å². The van der Waals surface area contributed by atoms with E-state index < -0.39 is 0 Å². The second-order valence-corrected chi connectivity index (χ2v) is 7.01. The molecular weight excluding hydrogens is 326 g/mol. The van der Waals surface area contributed by atoms with Crippen molar-refractivity contribution in [2.45, 2.75) is 6.54 Å². The van der Waals surface area contributed by atoms with Crippen molar-refractivity contribution in [1.29, 1.82) is 0 Å². The minimum absolute atomic E-state index is 0.726. The fourth-order valence-electron chi connectivity index (χ4n) is 2.14. The first-order valence-electron chi connectivity index (χ1n) is 7.60. The third-order valence-electron chi connectivity index (χ3n) is 3.44. The van der Waals surface area contributed by atoms with Crippen LogP contribution < -0.4 is 15.0 Å². The number of methoxy groups -OCH3 is 1. The summed E-state index contributed by atoms with van der Waals surface area (Å²) in [5, 5.41) is 6.15. The van der Waals surface area contributed by atoms with Gasteiger partial charge in [-0.2, -0.15) is 0 Å². The van der Waals surface area contributed by atoms with Crippen LogP contribution in [0.5, 0.6) is 5.75 Å². The first-order valence-corrected chi connectivity index (χ1v) is 8.89. The predicted molar refractivity (Wildman–Crippen MR) is 102 cm³/mol. The zero-order valence-electron chi connectivity index (χ0n) is 13.8. The first-order chi connectivity index (χ1) is 11.1. The van der Waals surface area contributed by atoms with Gasteiger partial charge in [-0.25, -0.2) is 0 Å². The highest BCUT2D eigenvalue weighted by Crippen LogP contribution is 2.23. The van der Waals surface area contributed by atoms with Gasteiger partial charge in [0.15, 0.2) is 5.11 Å². The smallest absolute Gasteiger partial charge is 0.174 e. The Hall–Kier alpha value is -1.63. The van der Waals surface area contributed by atoms with Crippen molar-refractivity contribution >= 4 is 34.4 Å². The highest BCUT2D eigenvalue weighted by atomic mass is 32.1. The highest BCUT2D eigenvalue weighted by Gasteiger charge is 2.14. The van der Waals surface area contributed by atoms with Gasteiger partial charge < -0.3 is 19.9 Å². The number of thiophene rings is 1. The summed E-state index contributed by atoms with van der Waals surface area (Å²) in [6.45, 7) is 2.76. The van der Waals surface area contributed by atoms with Gasteiger partial charge in [0.05, 0.1) is 46.5 Å². The predicted octanol–water partition coefficient (Wildman–Crippen LogP) is 2.10. The SMILES string of the molecule is COc1ccccc1NC(=S)N(CC[NH+](C)C)Cc1cccs1. The van der Waals surface area contributed by atoms with Gasteiger partial charge >= 0.3 is 0 Å². The van der Waals surface area contributed by atoms with Crippen LogP contribution in [0.2, 0.25) is 0 Å². The van der Waals surface area contributed by atoms with Crippen LogP contribution in [0.3, 0.4) is 0 Å². The van der Waals surface area contributed by atoms with E-state index in [2.05, 4.69) is 41.8 Å². The number of nitrogens with one attached hydrogen (secondary N) is 2. The van der Waals surface area contributed by atoms with E-state index in [1.807, 2.05) is 24.3 Å². The Morgan fingerprint density at radius 2 is 2.04 bits per heavy atom. The Morgan fingerprint density at radius 1 is 1.26 bits per heavy atom. The van der Waals surface area contributed by atoms with Crippen molar-refractivity contribution in [3.63, 3.8) is 0 Å². The van der Waals surface area contributed by atoms with Gasteiger partial charge in [-0.15, -0.1) is 11.3 Å². The Balaban J connectivity index is 2.08. The fourth-order valence-corrected chi connectivity index (χ4v) is 3.13. The van der Waals surface area contributed by atoms with Crippen molar-refractivity contribution in [2.75, 3.05) is 39.6 Å². The molecule has 0 spiro atoms. The minimum atomic E-state index is 0.726. The first kappa shape index (κ1) is 17.7. The van der Waals surface area contributed by atoms with Crippen molar-refractivity contribution in [1.82, 2.24) is 4.90 Å². The number of quaternary nitrogens is 1. The van der Waals surface area contributed by atoms with Crippen molar-refractivity contribution in [3.8, 4) is 5.75 Å². The maximum absolute atomic E-state index is 5.64. The summed E-state index contributed by atoms with van der Waals surface area (Å²) in [5.41, 5.74) is 0.897. The number of ether oxygens (including phenoxy) is 1. The number of likely N-dealkylation sites (N-methyl/N-ethyl adjacent to an activating group) is 1. The number of thiocarbonyl (C=S) groups is 1. The lowest BCUT2D eigenvalue weighted by atomic mass is 10.3. The molecule has 1 aromatic heterocycles. The van der Waals surface area contributed by atoms with Crippen LogP contribution in [0.25, 0.3) is 0 Å². The van der Waals surface area contributed by atoms with E-state index in [4.69, 9.17) is 17.0 Å². The monoisotopic (exact) mass is 350 g/mol. The van der Waals surface area contributed by atoms with Gasteiger partial charge in [-0.3, -0.25) is 0 Å². The number of anilines is 1. The molecule has 6 heteroatoms. The third-order valence-corrected chi connectivity index (χ3v) is 4.67. The molecule has 124 valence electrons. The largest absolute Gasteiger partial charge is 0.495 e. The number of benzene rings is 1. The van der Waals surface area contributed by atoms with Gasteiger partial charge in [-0.05, 0) is 35.8 Å². The average molecular weight is 351 g/mol. The molecule has 2 rings (SSSR count). The van der Waals surface area contributed by atoms with Crippen LogP contribution >= 0.6 is 23.6 Å². The molecule has 2 aromatic rings. The van der Waals surface area contributed by atoms with Crippen LogP contribution in [0.15, 0.2) is 41.8 Å². The molecule has 4 nitrogen and oxygen atoms in total. The van der Waals surface area contributed by atoms with E-state index in [1.54, 1.807) is 18.4 Å². The molecule has 0 amide bonds. The van der Waals surface area contributed by atoms with Crippen molar-refractivity contribution in [2.24, 2.45) is 0 Å². The molecule has 0 aliphatic rings. The van der Waals surface area contributed by atoms with Crippen LogP contribution in [0.4, 0.5) is 5.69 Å². The summed E-state index contributed by atoms with van der Waals surface area (Å²) in [4.78, 5) is 4.92. The standard InChI is InChI=1S/C17H23N3OS2/c1-19(2)10-11-20(13-14-7-6-12-23-14)17(22)18-15-8-4-5-9-16(15)21-3/h4-9,12H,10-11,13H2,1-3H3,(H,18,22)/p+1. The maximum atomic E-state index is 5.64. The lowest BCUT2D eigenvalue weighted by molar-refractivity contribution is -0.857. The van der Waals surface area contributed by atoms with E-state index in [0.717, 1.165) is 36.2 Å². The topological polar surface area (TPSA) is 28.9 Å². The van der Waals surface area contributed by atoms with Crippen LogP contribution in [0, 0.1) is 0 Å². The number of nitrogens with zero attached hydrogens (tertiary/aromatic N) is 1. The van der Waals surface area contributed by atoms with Crippen LogP contribution in [0.1, 0.15) is 4.88 Å². The normalized spacial score (nSPS) is 10.6. The summed E-state index contributed by atoms with van der Waals surface area (Å²) in [5.74, 6) is 0.796. The molecule has 1 heterocycles. The highest BCUT2D eigenvalue weighted by molar-refractivity contribution is 7.80. The van der Waals surface area contributed by atoms with E-state index in [0.29, 0.717) is 0 Å². The average Bonchev–Trinajstić information content (AvgIpc) is 3.04. The summed E-state index contributed by atoms with van der Waals surface area (Å²) in [7, 11) is 5.97. The summed E-state index contributed by atoms with van der Waals surface area (Å²) < 4.78 is 5.39. The van der Waals surface area contributed by atoms with Gasteiger partial charge in [0.1, 0.15) is 5.75 Å². The fraction of sp³-hybridized carbons (Fsp3) is 0.353. The van der Waals surface area contributed by atoms with Crippen molar-refractivity contribution < 1.29 is 9.64 Å². The van der Waals surface area contributed by atoms with Gasteiger partial charge in [-0.1, -0.05) is 18.2 Å². The molecule has 0 bridgehead atoms. The molecule has 1 aromatic carbocycles. The summed E-state index contributed by atoms with van der Waals surface area (Å²) in [6.07, 6.45) is 0. The molecule has 0 saturated carbocycles. The Labute approximate surface area is 147 Å². The second-order valence-electron chi connectivity index (χ2n) is 5.59. The molecule has 0 fully saturated rings. The summed E-state index contributed by atoms with van der Waals surface area (Å²) >= 11 is 7.40. The molecule has 0 aliphatic carbocycles. The Morgan fingerprint density at radius 3 is 2.70 bits per heavy atom. The number of hydrogen-bond donors (Lipinski definition) is 2. The quantitative estimate of drug-likeness (QED) is 0.749. The molecule has 2 N–H and O–H groups in total. The van der Waals surface area contributed by atoms with Gasteiger partial charge in [0.2, 0.25) is 0 Å². The molecule has 0 unspecified atom stereocenters. The molecule has 23 heavy (non-hydrogen) atoms. The number of para-hydroxylation sites is 2. The number of rotatable bonds is 7. The maximum Gasteiger partial charge on any atom is 0.174 e. The zero-order valence-corrected chi connectivity index (χ0v) is 15.5. The second kappa shape index (κ2) is 8.86. The minimum Gasteiger partial charge on any atom is -0.495 e. The van der Waals surface area contributed by atoms with E-state index in [9.17, 15) is 0 Å². The Kier molecular flexibility index (Phi) is 6.83. The summed E-state index contributed by atoms with van der Waals surface area (Å²) in [6, 6.07) is 12.1. The van der Waals surface area contributed by atoms with Crippen LogP contribution in [-0.2, 0) is 6.54 Å². The molecule has 0 aliphatic heterocycles. The van der Waals surface area contributed by atoms with E-state index in [-0.39, 0.29) is 0 Å². The molecular formula is C17H24N3OS2+. The van der Waals surface area contributed by atoms with Gasteiger partial charge in [0, 0.05) is 4.88 Å². The zero-order chi connectivity index (χ0) is 16.7. The molecule has 0 radical (unpaired) electrons. The van der Waals surface area contributed by atoms with Gasteiger partial charge in [0.25, 0.3) is 0 Å². The van der Waals surface area contributed by atoms with Crippen LogP contribution in [-0.4, -0.2) is 44.3 Å². The lowest BCUT2D eigenvalue weighted by Crippen LogP contribution is -3.06. The molecule has 0 atom stereocenters. The third kappa shape index (κ3) is 5.49. The molecule has 0 saturated heterocycles. The lowest BCUT2D eigenvalue weighted by Gasteiger charge is -2.26. The van der Waals surface area contributed by atoms with E-state index >= 15 is 0 Å². The van der Waals surface area contributed by atoms with Crippen molar-refractivity contribution in [3.05, 3.63) is 46.7 Å².